The van der Waals surface area contributed by atoms with Crippen LogP contribution < -0.4 is 16.0 Å². The molecular formula is C19H15F3N4O4. The van der Waals surface area contributed by atoms with Gasteiger partial charge in [0.05, 0.1) is 22.1 Å². The van der Waals surface area contributed by atoms with Crippen LogP contribution in [0.2, 0.25) is 0 Å². The Balaban J connectivity index is 1.96. The van der Waals surface area contributed by atoms with Crippen molar-refractivity contribution < 1.29 is 27.7 Å². The molecule has 1 atom stereocenters. The molecule has 0 radical (unpaired) electrons. The van der Waals surface area contributed by atoms with Crippen LogP contribution in [0, 0.1) is 10.1 Å². The van der Waals surface area contributed by atoms with Crippen molar-refractivity contribution >= 4 is 23.3 Å². The maximum absolute atomic E-state index is 12.9. The Hall–Kier alpha value is -3.89. The number of non-ortho nitro benzene ring substituents is 1. The van der Waals surface area contributed by atoms with Gasteiger partial charge in [-0.05, 0) is 30.7 Å². The van der Waals surface area contributed by atoms with Crippen LogP contribution >= 0.6 is 0 Å². The normalized spacial score (nSPS) is 16.5. The number of nitrogens with one attached hydrogen (secondary N) is 3. The van der Waals surface area contributed by atoms with Crippen molar-refractivity contribution in [3.05, 3.63) is 81.0 Å². The van der Waals surface area contributed by atoms with Gasteiger partial charge in [-0.15, -0.1) is 0 Å². The summed E-state index contributed by atoms with van der Waals surface area (Å²) in [5.41, 5.74) is -0.823. The molecule has 2 aromatic carbocycles. The molecule has 11 heteroatoms. The van der Waals surface area contributed by atoms with Crippen LogP contribution in [-0.2, 0) is 11.0 Å². The lowest BCUT2D eigenvalue weighted by Gasteiger charge is -2.28. The first-order chi connectivity index (χ1) is 14.1. The van der Waals surface area contributed by atoms with E-state index in [0.29, 0.717) is 0 Å². The number of nitrogens with zero attached hydrogens (tertiary/aromatic N) is 1. The van der Waals surface area contributed by atoms with Gasteiger partial charge in [-0.25, -0.2) is 4.79 Å². The van der Waals surface area contributed by atoms with Crippen molar-refractivity contribution in [2.45, 2.75) is 19.1 Å². The molecule has 1 heterocycles. The van der Waals surface area contributed by atoms with Gasteiger partial charge in [0.25, 0.3) is 11.6 Å². The van der Waals surface area contributed by atoms with Gasteiger partial charge < -0.3 is 16.0 Å². The Labute approximate surface area is 167 Å². The Bertz CT molecular complexity index is 1070. The molecule has 0 spiro atoms. The number of alkyl halides is 3. The third-order valence-corrected chi connectivity index (χ3v) is 4.38. The zero-order chi connectivity index (χ0) is 22.1. The molecule has 0 fully saturated rings. The van der Waals surface area contributed by atoms with Gasteiger partial charge in [-0.1, -0.05) is 18.2 Å². The fraction of sp³-hybridized carbons (Fsp3) is 0.158. The smallest absolute Gasteiger partial charge is 0.327 e. The number of nitro groups is 1. The second-order valence-corrected chi connectivity index (χ2v) is 6.45. The van der Waals surface area contributed by atoms with Crippen LogP contribution in [-0.4, -0.2) is 16.9 Å². The molecule has 3 N–H and O–H groups in total. The molecule has 1 aliphatic heterocycles. The highest BCUT2D eigenvalue weighted by atomic mass is 19.4. The van der Waals surface area contributed by atoms with Gasteiger partial charge in [-0.2, -0.15) is 13.2 Å². The van der Waals surface area contributed by atoms with E-state index in [1.807, 2.05) is 0 Å². The number of anilines is 1. The fourth-order valence-electron chi connectivity index (χ4n) is 3.03. The number of halogens is 3. The minimum Gasteiger partial charge on any atom is -0.327 e. The number of hydrogen-bond donors (Lipinski definition) is 3. The average Bonchev–Trinajstić information content (AvgIpc) is 2.67. The Kier molecular flexibility index (Phi) is 5.45. The lowest BCUT2D eigenvalue weighted by Crippen LogP contribution is -2.46. The second kappa shape index (κ2) is 7.85. The topological polar surface area (TPSA) is 113 Å². The van der Waals surface area contributed by atoms with Gasteiger partial charge >= 0.3 is 12.2 Å². The highest BCUT2D eigenvalue weighted by Crippen LogP contribution is 2.32. The Morgan fingerprint density at radius 1 is 1.17 bits per heavy atom. The van der Waals surface area contributed by atoms with Crippen molar-refractivity contribution in [1.29, 1.82) is 0 Å². The van der Waals surface area contributed by atoms with Crippen LogP contribution in [0.4, 0.5) is 29.3 Å². The molecule has 0 unspecified atom stereocenters. The summed E-state index contributed by atoms with van der Waals surface area (Å²) in [5, 5.41) is 18.4. The lowest BCUT2D eigenvalue weighted by molar-refractivity contribution is -0.384. The van der Waals surface area contributed by atoms with Gasteiger partial charge in [0.1, 0.15) is 0 Å². The minimum absolute atomic E-state index is 0.00695. The summed E-state index contributed by atoms with van der Waals surface area (Å²) in [6.45, 7) is 1.45. The molecule has 156 valence electrons. The van der Waals surface area contributed by atoms with E-state index in [0.717, 1.165) is 18.2 Å². The summed E-state index contributed by atoms with van der Waals surface area (Å²) in [6.07, 6.45) is -4.58. The van der Waals surface area contributed by atoms with E-state index >= 15 is 0 Å². The van der Waals surface area contributed by atoms with Crippen molar-refractivity contribution in [2.75, 3.05) is 5.32 Å². The number of benzene rings is 2. The number of urea groups is 1. The number of amides is 3. The predicted molar refractivity (Wildman–Crippen MR) is 100 cm³/mol. The van der Waals surface area contributed by atoms with Crippen LogP contribution in [0.15, 0.2) is 59.8 Å². The van der Waals surface area contributed by atoms with Gasteiger partial charge in [0.2, 0.25) is 0 Å². The molecule has 30 heavy (non-hydrogen) atoms. The number of carbonyl (C=O) groups is 2. The van der Waals surface area contributed by atoms with Crippen LogP contribution in [0.25, 0.3) is 0 Å². The average molecular weight is 420 g/mol. The first-order valence-electron chi connectivity index (χ1n) is 8.57. The first kappa shape index (κ1) is 20.8. The summed E-state index contributed by atoms with van der Waals surface area (Å²) >= 11 is 0. The minimum atomic E-state index is -4.58. The number of nitro benzene ring substituents is 1. The van der Waals surface area contributed by atoms with Crippen molar-refractivity contribution in [3.63, 3.8) is 0 Å². The maximum atomic E-state index is 12.9. The largest absolute Gasteiger partial charge is 0.416 e. The first-order valence-corrected chi connectivity index (χ1v) is 8.57. The third kappa shape index (κ3) is 4.40. The molecule has 0 saturated carbocycles. The SMILES string of the molecule is CC1=C(C(=O)Nc2cccc(C(F)(F)F)c2)[C@H](c2cccc([N+](=O)[O-])c2)NC(=O)N1. The summed E-state index contributed by atoms with van der Waals surface area (Å²) in [6, 6.07) is 7.79. The molecule has 1 aliphatic rings. The molecular weight excluding hydrogens is 405 g/mol. The number of carbonyl (C=O) groups excluding carboxylic acids is 2. The summed E-state index contributed by atoms with van der Waals surface area (Å²) in [7, 11) is 0. The molecule has 2 aromatic rings. The standard InChI is InChI=1S/C19H15F3N4O4/c1-10-15(17(27)24-13-6-3-5-12(9-13)19(20,21)22)16(25-18(28)23-10)11-4-2-7-14(8-11)26(29)30/h2-9,16H,1H3,(H,24,27)(H2,23,25,28)/t16-/m0/s1. The van der Waals surface area contributed by atoms with Crippen molar-refractivity contribution in [1.82, 2.24) is 10.6 Å². The molecule has 0 bridgehead atoms. The zero-order valence-electron chi connectivity index (χ0n) is 15.4. The van der Waals surface area contributed by atoms with E-state index in [-0.39, 0.29) is 28.2 Å². The summed E-state index contributed by atoms with van der Waals surface area (Å²) in [4.78, 5) is 35.2. The molecule has 0 saturated heterocycles. The fourth-order valence-corrected chi connectivity index (χ4v) is 3.03. The highest BCUT2D eigenvalue weighted by molar-refractivity contribution is 6.06. The third-order valence-electron chi connectivity index (χ3n) is 4.38. The molecule has 3 amide bonds. The monoisotopic (exact) mass is 420 g/mol. The van der Waals surface area contributed by atoms with Gasteiger partial charge in [0, 0.05) is 23.5 Å². The maximum Gasteiger partial charge on any atom is 0.416 e. The number of hydrogen-bond acceptors (Lipinski definition) is 4. The Morgan fingerprint density at radius 2 is 1.87 bits per heavy atom. The summed E-state index contributed by atoms with van der Waals surface area (Å²) in [5.74, 6) is -0.768. The predicted octanol–water partition coefficient (Wildman–Crippen LogP) is 3.88. The van der Waals surface area contributed by atoms with E-state index in [1.165, 1.54) is 37.3 Å². The van der Waals surface area contributed by atoms with Crippen LogP contribution in [0.3, 0.4) is 0 Å². The van der Waals surface area contributed by atoms with E-state index < -0.39 is 34.6 Å². The van der Waals surface area contributed by atoms with Crippen molar-refractivity contribution in [2.24, 2.45) is 0 Å². The van der Waals surface area contributed by atoms with Gasteiger partial charge in [0.15, 0.2) is 0 Å². The quantitative estimate of drug-likeness (QED) is 0.515. The molecule has 8 nitrogen and oxygen atoms in total. The number of rotatable bonds is 4. The zero-order valence-corrected chi connectivity index (χ0v) is 15.4. The number of allylic oxidation sites excluding steroid dienone is 1. The van der Waals surface area contributed by atoms with Gasteiger partial charge in [-0.3, -0.25) is 14.9 Å². The summed E-state index contributed by atoms with van der Waals surface area (Å²) < 4.78 is 38.8. The molecule has 0 aromatic heterocycles. The molecule has 3 rings (SSSR count). The van der Waals surface area contributed by atoms with Crippen LogP contribution in [0.5, 0.6) is 0 Å². The van der Waals surface area contributed by atoms with Crippen molar-refractivity contribution in [3.8, 4) is 0 Å². The lowest BCUT2D eigenvalue weighted by atomic mass is 9.94. The van der Waals surface area contributed by atoms with E-state index in [2.05, 4.69) is 16.0 Å². The Morgan fingerprint density at radius 3 is 2.53 bits per heavy atom. The van der Waals surface area contributed by atoms with E-state index in [4.69, 9.17) is 0 Å². The van der Waals surface area contributed by atoms with E-state index in [1.54, 1.807) is 0 Å². The van der Waals surface area contributed by atoms with E-state index in [9.17, 15) is 32.9 Å². The molecule has 0 aliphatic carbocycles. The van der Waals surface area contributed by atoms with Crippen LogP contribution in [0.1, 0.15) is 24.1 Å². The highest BCUT2D eigenvalue weighted by Gasteiger charge is 2.33. The second-order valence-electron chi connectivity index (χ2n) is 6.45.